The van der Waals surface area contributed by atoms with Crippen LogP contribution in [0, 0.1) is 5.41 Å². The summed E-state index contributed by atoms with van der Waals surface area (Å²) < 4.78 is 0. The summed E-state index contributed by atoms with van der Waals surface area (Å²) in [6, 6.07) is 8.95. The Labute approximate surface area is 89.9 Å². The summed E-state index contributed by atoms with van der Waals surface area (Å²) in [4.78, 5) is 21.2. The van der Waals surface area contributed by atoms with Crippen molar-refractivity contribution in [3.05, 3.63) is 30.3 Å². The molecule has 0 fully saturated rings. The maximum atomic E-state index is 11.5. The third-order valence-corrected chi connectivity index (χ3v) is 2.39. The molecule has 0 atom stereocenters. The van der Waals surface area contributed by atoms with Crippen LogP contribution in [-0.4, -0.2) is 5.97 Å². The second-order valence-corrected chi connectivity index (χ2v) is 4.00. The molecule has 0 N–H and O–H groups in total. The summed E-state index contributed by atoms with van der Waals surface area (Å²) in [7, 11) is 0. The van der Waals surface area contributed by atoms with Crippen molar-refractivity contribution in [3.63, 3.8) is 0 Å². The summed E-state index contributed by atoms with van der Waals surface area (Å²) in [6.07, 6.45) is 0.712. The zero-order chi connectivity index (χ0) is 11.3. The molecule has 15 heavy (non-hydrogen) atoms. The van der Waals surface area contributed by atoms with Crippen LogP contribution in [0.2, 0.25) is 0 Å². The third kappa shape index (κ3) is 3.27. The van der Waals surface area contributed by atoms with Gasteiger partial charge in [0.2, 0.25) is 0 Å². The summed E-state index contributed by atoms with van der Waals surface area (Å²) in [5, 5.41) is 0. The minimum atomic E-state index is -0.505. The van der Waals surface area contributed by atoms with E-state index < -0.39 is 5.41 Å². The van der Waals surface area contributed by atoms with Gasteiger partial charge in [0, 0.05) is 0 Å². The Morgan fingerprint density at radius 3 is 2.40 bits per heavy atom. The molecule has 1 aromatic carbocycles. The van der Waals surface area contributed by atoms with Crippen molar-refractivity contribution in [3.8, 4) is 5.75 Å². The van der Waals surface area contributed by atoms with Gasteiger partial charge in [0.1, 0.15) is 0 Å². The molecule has 0 amide bonds. The SMILES string of the molecule is CCC(C)(C)C(=O)OOc1ccccc1. The Bertz CT molecular complexity index is 317. The van der Waals surface area contributed by atoms with Gasteiger partial charge in [0.25, 0.3) is 0 Å². The highest BCUT2D eigenvalue weighted by molar-refractivity contribution is 5.75. The van der Waals surface area contributed by atoms with Gasteiger partial charge in [-0.25, -0.2) is 9.68 Å². The number of benzene rings is 1. The zero-order valence-corrected chi connectivity index (χ0v) is 9.32. The minimum absolute atomic E-state index is 0.353. The Kier molecular flexibility index (Phi) is 3.72. The average Bonchev–Trinajstić information content (AvgIpc) is 2.27. The van der Waals surface area contributed by atoms with Gasteiger partial charge in [-0.2, -0.15) is 0 Å². The number of hydrogen-bond donors (Lipinski definition) is 0. The van der Waals surface area contributed by atoms with E-state index in [-0.39, 0.29) is 5.97 Å². The fourth-order valence-corrected chi connectivity index (χ4v) is 0.819. The van der Waals surface area contributed by atoms with Crippen molar-refractivity contribution in [2.45, 2.75) is 27.2 Å². The first-order valence-electron chi connectivity index (χ1n) is 5.00. The van der Waals surface area contributed by atoms with Gasteiger partial charge in [-0.15, -0.1) is 0 Å². The Morgan fingerprint density at radius 2 is 1.87 bits per heavy atom. The molecule has 82 valence electrons. The maximum Gasteiger partial charge on any atom is 0.360 e. The number of carbonyl (C=O) groups excluding carboxylic acids is 1. The second-order valence-electron chi connectivity index (χ2n) is 4.00. The monoisotopic (exact) mass is 208 g/mol. The van der Waals surface area contributed by atoms with Crippen LogP contribution in [0.5, 0.6) is 5.75 Å². The van der Waals surface area contributed by atoms with Gasteiger partial charge < -0.3 is 0 Å². The van der Waals surface area contributed by atoms with E-state index in [1.54, 1.807) is 12.1 Å². The van der Waals surface area contributed by atoms with Crippen molar-refractivity contribution in [2.75, 3.05) is 0 Å². The molecular weight excluding hydrogens is 192 g/mol. The number of para-hydroxylation sites is 1. The second kappa shape index (κ2) is 4.82. The largest absolute Gasteiger partial charge is 0.360 e. The first-order chi connectivity index (χ1) is 7.06. The van der Waals surface area contributed by atoms with Crippen LogP contribution >= 0.6 is 0 Å². The van der Waals surface area contributed by atoms with E-state index in [2.05, 4.69) is 0 Å². The lowest BCUT2D eigenvalue weighted by Crippen LogP contribution is -2.26. The molecule has 0 saturated heterocycles. The predicted octanol–water partition coefficient (Wildman–Crippen LogP) is 2.96. The van der Waals surface area contributed by atoms with Crippen LogP contribution < -0.4 is 4.89 Å². The van der Waals surface area contributed by atoms with Gasteiger partial charge in [-0.3, -0.25) is 4.89 Å². The molecule has 0 bridgehead atoms. The molecule has 0 spiro atoms. The number of hydrogen-bond acceptors (Lipinski definition) is 3. The Hall–Kier alpha value is -1.51. The van der Waals surface area contributed by atoms with E-state index in [1.165, 1.54) is 0 Å². The minimum Gasteiger partial charge on any atom is -0.287 e. The first kappa shape index (κ1) is 11.6. The van der Waals surface area contributed by atoms with Crippen molar-refractivity contribution in [1.29, 1.82) is 0 Å². The number of rotatable bonds is 4. The Balaban J connectivity index is 2.48. The quantitative estimate of drug-likeness (QED) is 0.563. The lowest BCUT2D eigenvalue weighted by Gasteiger charge is -2.18. The average molecular weight is 208 g/mol. The summed E-state index contributed by atoms with van der Waals surface area (Å²) >= 11 is 0. The van der Waals surface area contributed by atoms with Crippen molar-refractivity contribution >= 4 is 5.97 Å². The summed E-state index contributed by atoms with van der Waals surface area (Å²) in [5.74, 6) is 0.173. The van der Waals surface area contributed by atoms with Gasteiger partial charge in [-0.05, 0) is 32.4 Å². The third-order valence-electron chi connectivity index (χ3n) is 2.39. The topological polar surface area (TPSA) is 35.5 Å². The molecule has 1 rings (SSSR count). The molecule has 0 unspecified atom stereocenters. The molecule has 0 aliphatic heterocycles. The summed E-state index contributed by atoms with van der Waals surface area (Å²) in [5.41, 5.74) is -0.505. The molecule has 0 heterocycles. The molecule has 3 nitrogen and oxygen atoms in total. The standard InChI is InChI=1S/C12H16O3/c1-4-12(2,3)11(13)15-14-10-8-6-5-7-9-10/h5-9H,4H2,1-3H3. The molecular formula is C12H16O3. The van der Waals surface area contributed by atoms with Crippen LogP contribution in [0.1, 0.15) is 27.2 Å². The molecule has 0 saturated carbocycles. The molecule has 0 aromatic heterocycles. The molecule has 0 aliphatic rings. The van der Waals surface area contributed by atoms with E-state index in [1.807, 2.05) is 39.0 Å². The highest BCUT2D eigenvalue weighted by Crippen LogP contribution is 2.22. The molecule has 1 aromatic rings. The fraction of sp³-hybridized carbons (Fsp3) is 0.417. The predicted molar refractivity (Wildman–Crippen MR) is 57.2 cm³/mol. The molecule has 0 aliphatic carbocycles. The van der Waals surface area contributed by atoms with E-state index in [9.17, 15) is 4.79 Å². The maximum absolute atomic E-state index is 11.5. The van der Waals surface area contributed by atoms with Crippen LogP contribution in [0.25, 0.3) is 0 Å². The molecule has 0 radical (unpaired) electrons. The highest BCUT2D eigenvalue weighted by Gasteiger charge is 2.28. The van der Waals surface area contributed by atoms with Crippen LogP contribution in [0.3, 0.4) is 0 Å². The Morgan fingerprint density at radius 1 is 1.27 bits per heavy atom. The van der Waals surface area contributed by atoms with Crippen molar-refractivity contribution < 1.29 is 14.6 Å². The zero-order valence-electron chi connectivity index (χ0n) is 9.32. The van der Waals surface area contributed by atoms with Gasteiger partial charge >= 0.3 is 5.97 Å². The van der Waals surface area contributed by atoms with E-state index in [0.29, 0.717) is 12.2 Å². The van der Waals surface area contributed by atoms with Crippen molar-refractivity contribution in [2.24, 2.45) is 5.41 Å². The first-order valence-corrected chi connectivity index (χ1v) is 5.00. The normalized spacial score (nSPS) is 10.9. The number of carbonyl (C=O) groups is 1. The van der Waals surface area contributed by atoms with Crippen LogP contribution in [-0.2, 0) is 9.68 Å². The lowest BCUT2D eigenvalue weighted by molar-refractivity contribution is -0.224. The summed E-state index contributed by atoms with van der Waals surface area (Å²) in [6.45, 7) is 5.58. The lowest BCUT2D eigenvalue weighted by atomic mass is 9.91. The van der Waals surface area contributed by atoms with Gasteiger partial charge in [0.15, 0.2) is 5.75 Å². The van der Waals surface area contributed by atoms with Crippen molar-refractivity contribution in [1.82, 2.24) is 0 Å². The highest BCUT2D eigenvalue weighted by atomic mass is 17.2. The van der Waals surface area contributed by atoms with Crippen LogP contribution in [0.4, 0.5) is 0 Å². The smallest absolute Gasteiger partial charge is 0.287 e. The molecule has 3 heteroatoms. The van der Waals surface area contributed by atoms with Gasteiger partial charge in [0.05, 0.1) is 5.41 Å². The van der Waals surface area contributed by atoms with Crippen LogP contribution in [0.15, 0.2) is 30.3 Å². The van der Waals surface area contributed by atoms with E-state index >= 15 is 0 Å². The van der Waals surface area contributed by atoms with E-state index in [4.69, 9.17) is 9.78 Å². The van der Waals surface area contributed by atoms with Gasteiger partial charge in [-0.1, -0.05) is 25.1 Å². The van der Waals surface area contributed by atoms with E-state index in [0.717, 1.165) is 0 Å². The fourth-order valence-electron chi connectivity index (χ4n) is 0.819.